The van der Waals surface area contributed by atoms with Crippen molar-refractivity contribution in [2.75, 3.05) is 41.0 Å². The minimum absolute atomic E-state index is 0.127. The number of hydrogen-bond donors (Lipinski definition) is 0. The van der Waals surface area contributed by atoms with Crippen LogP contribution in [0.2, 0.25) is 0 Å². The van der Waals surface area contributed by atoms with E-state index in [0.29, 0.717) is 6.73 Å². The van der Waals surface area contributed by atoms with Gasteiger partial charge in [-0.05, 0) is 6.42 Å². The van der Waals surface area contributed by atoms with Crippen LogP contribution in [0.3, 0.4) is 0 Å². The average molecular weight is 198 g/mol. The lowest BCUT2D eigenvalue weighted by atomic mass is 10.1. The number of likely N-dealkylation sites (N-methyl/N-ethyl adjacent to an activating group) is 1. The van der Waals surface area contributed by atoms with Crippen LogP contribution in [0.1, 0.15) is 6.42 Å². The summed E-state index contributed by atoms with van der Waals surface area (Å²) in [5.41, 5.74) is 0.919. The summed E-state index contributed by atoms with van der Waals surface area (Å²) in [5, 5.41) is 0. The van der Waals surface area contributed by atoms with E-state index in [1.54, 1.807) is 26.1 Å². The number of rotatable bonds is 3. The molecule has 0 bridgehead atoms. The predicted octanol–water partition coefficient (Wildman–Crippen LogP) is 0.311. The summed E-state index contributed by atoms with van der Waals surface area (Å²) in [6.45, 7) is 2.35. The van der Waals surface area contributed by atoms with E-state index < -0.39 is 0 Å². The summed E-state index contributed by atoms with van der Waals surface area (Å²) < 4.78 is 5.03. The molecule has 0 saturated heterocycles. The van der Waals surface area contributed by atoms with Gasteiger partial charge in [0.25, 0.3) is 0 Å². The van der Waals surface area contributed by atoms with E-state index in [1.807, 2.05) is 6.08 Å². The number of amides is 1. The Morgan fingerprint density at radius 3 is 2.79 bits per heavy atom. The van der Waals surface area contributed by atoms with E-state index >= 15 is 0 Å². The van der Waals surface area contributed by atoms with Crippen LogP contribution >= 0.6 is 0 Å². The minimum atomic E-state index is 0.127. The Balaban J connectivity index is 2.48. The molecule has 0 spiro atoms. The van der Waals surface area contributed by atoms with Crippen molar-refractivity contribution in [3.8, 4) is 0 Å². The van der Waals surface area contributed by atoms with Crippen LogP contribution in [0.15, 0.2) is 11.6 Å². The van der Waals surface area contributed by atoms with Gasteiger partial charge in [0.05, 0.1) is 6.73 Å². The number of carbonyl (C=O) groups is 1. The maximum Gasteiger partial charge on any atom is 0.249 e. The summed E-state index contributed by atoms with van der Waals surface area (Å²) in [4.78, 5) is 15.4. The number of methoxy groups -OCH3 is 1. The molecule has 0 saturated carbocycles. The van der Waals surface area contributed by atoms with Crippen molar-refractivity contribution in [2.24, 2.45) is 0 Å². The quantitative estimate of drug-likeness (QED) is 0.654. The second-order valence-corrected chi connectivity index (χ2v) is 3.67. The van der Waals surface area contributed by atoms with E-state index in [1.165, 1.54) is 0 Å². The van der Waals surface area contributed by atoms with Crippen molar-refractivity contribution in [1.82, 2.24) is 9.80 Å². The third kappa shape index (κ3) is 2.82. The Morgan fingerprint density at radius 1 is 1.64 bits per heavy atom. The first-order valence-electron chi connectivity index (χ1n) is 4.77. The smallest absolute Gasteiger partial charge is 0.249 e. The first kappa shape index (κ1) is 11.2. The highest BCUT2D eigenvalue weighted by molar-refractivity contribution is 5.93. The molecule has 0 unspecified atom stereocenters. The Bertz CT molecular complexity index is 236. The summed E-state index contributed by atoms with van der Waals surface area (Å²) in [6.07, 6.45) is 2.81. The molecule has 0 radical (unpaired) electrons. The zero-order valence-corrected chi connectivity index (χ0v) is 9.12. The Kier molecular flexibility index (Phi) is 4.10. The standard InChI is InChI=1S/C10H18N2O2/c1-11(2)10(13)9-4-6-12(7-5-9)8-14-3/h4H,5-8H2,1-3H3. The van der Waals surface area contributed by atoms with Crippen LogP contribution in [0.4, 0.5) is 0 Å². The summed E-state index contributed by atoms with van der Waals surface area (Å²) in [5.74, 6) is 0.127. The number of ether oxygens (including phenoxy) is 1. The van der Waals surface area contributed by atoms with Crippen molar-refractivity contribution in [3.63, 3.8) is 0 Å². The maximum atomic E-state index is 11.6. The van der Waals surface area contributed by atoms with Gasteiger partial charge in [-0.3, -0.25) is 9.69 Å². The normalized spacial score (nSPS) is 17.8. The lowest BCUT2D eigenvalue weighted by Crippen LogP contribution is -2.34. The molecular weight excluding hydrogens is 180 g/mol. The second kappa shape index (κ2) is 5.12. The zero-order chi connectivity index (χ0) is 10.6. The van der Waals surface area contributed by atoms with Crippen LogP contribution in [0.5, 0.6) is 0 Å². The van der Waals surface area contributed by atoms with Crippen LogP contribution in [-0.2, 0) is 9.53 Å². The summed E-state index contributed by atoms with van der Waals surface area (Å²) >= 11 is 0. The fourth-order valence-corrected chi connectivity index (χ4v) is 1.49. The third-order valence-corrected chi connectivity index (χ3v) is 2.29. The Labute approximate surface area is 85.1 Å². The topological polar surface area (TPSA) is 32.8 Å². The van der Waals surface area contributed by atoms with Gasteiger partial charge in [-0.15, -0.1) is 0 Å². The van der Waals surface area contributed by atoms with Crippen LogP contribution in [0, 0.1) is 0 Å². The van der Waals surface area contributed by atoms with Crippen molar-refractivity contribution >= 4 is 5.91 Å². The number of carbonyl (C=O) groups excluding carboxylic acids is 1. The molecule has 1 rings (SSSR count). The van der Waals surface area contributed by atoms with Crippen molar-refractivity contribution in [1.29, 1.82) is 0 Å². The van der Waals surface area contributed by atoms with E-state index in [9.17, 15) is 4.79 Å². The van der Waals surface area contributed by atoms with Crippen LogP contribution in [-0.4, -0.2) is 56.7 Å². The molecule has 80 valence electrons. The molecule has 1 amide bonds. The van der Waals surface area contributed by atoms with Crippen molar-refractivity contribution in [2.45, 2.75) is 6.42 Å². The number of nitrogens with zero attached hydrogens (tertiary/aromatic N) is 2. The van der Waals surface area contributed by atoms with Gasteiger partial charge in [-0.2, -0.15) is 0 Å². The van der Waals surface area contributed by atoms with Crippen molar-refractivity contribution in [3.05, 3.63) is 11.6 Å². The SMILES string of the molecule is COCN1CC=C(C(=O)N(C)C)CC1. The van der Waals surface area contributed by atoms with Gasteiger partial charge >= 0.3 is 0 Å². The summed E-state index contributed by atoms with van der Waals surface area (Å²) in [6, 6.07) is 0. The van der Waals surface area contributed by atoms with Gasteiger partial charge in [0.2, 0.25) is 5.91 Å². The fourth-order valence-electron chi connectivity index (χ4n) is 1.49. The molecule has 0 aliphatic carbocycles. The van der Waals surface area contributed by atoms with Gasteiger partial charge in [0.1, 0.15) is 0 Å². The second-order valence-electron chi connectivity index (χ2n) is 3.67. The molecule has 14 heavy (non-hydrogen) atoms. The zero-order valence-electron chi connectivity index (χ0n) is 9.12. The van der Waals surface area contributed by atoms with Crippen LogP contribution < -0.4 is 0 Å². The molecule has 0 atom stereocenters. The summed E-state index contributed by atoms with van der Waals surface area (Å²) in [7, 11) is 5.25. The molecule has 0 aromatic rings. The maximum absolute atomic E-state index is 11.6. The molecule has 1 aliphatic heterocycles. The van der Waals surface area contributed by atoms with Gasteiger partial charge in [-0.25, -0.2) is 0 Å². The molecule has 0 fully saturated rings. The molecule has 4 nitrogen and oxygen atoms in total. The third-order valence-electron chi connectivity index (χ3n) is 2.29. The van der Waals surface area contributed by atoms with E-state index in [4.69, 9.17) is 4.74 Å². The van der Waals surface area contributed by atoms with Gasteiger partial charge in [-0.1, -0.05) is 6.08 Å². The molecule has 4 heteroatoms. The van der Waals surface area contributed by atoms with Crippen LogP contribution in [0.25, 0.3) is 0 Å². The molecule has 0 aromatic carbocycles. The van der Waals surface area contributed by atoms with Crippen molar-refractivity contribution < 1.29 is 9.53 Å². The first-order chi connectivity index (χ1) is 6.65. The fraction of sp³-hybridized carbons (Fsp3) is 0.700. The van der Waals surface area contributed by atoms with E-state index in [-0.39, 0.29) is 5.91 Å². The number of hydrogen-bond acceptors (Lipinski definition) is 3. The van der Waals surface area contributed by atoms with Gasteiger partial charge < -0.3 is 9.64 Å². The highest BCUT2D eigenvalue weighted by Gasteiger charge is 2.17. The van der Waals surface area contributed by atoms with E-state index in [0.717, 1.165) is 25.1 Å². The average Bonchev–Trinajstić information content (AvgIpc) is 2.18. The molecule has 0 N–H and O–H groups in total. The molecule has 1 aliphatic rings. The van der Waals surface area contributed by atoms with E-state index in [2.05, 4.69) is 4.90 Å². The highest BCUT2D eigenvalue weighted by Crippen LogP contribution is 2.12. The molecule has 1 heterocycles. The van der Waals surface area contributed by atoms with Gasteiger partial charge in [0.15, 0.2) is 0 Å². The highest BCUT2D eigenvalue weighted by atomic mass is 16.5. The first-order valence-corrected chi connectivity index (χ1v) is 4.77. The minimum Gasteiger partial charge on any atom is -0.369 e. The predicted molar refractivity (Wildman–Crippen MR) is 54.8 cm³/mol. The van der Waals surface area contributed by atoms with Gasteiger partial charge in [0, 0.05) is 39.9 Å². The lowest BCUT2D eigenvalue weighted by Gasteiger charge is -2.25. The Morgan fingerprint density at radius 2 is 2.36 bits per heavy atom. The Hall–Kier alpha value is -0.870. The molecular formula is C10H18N2O2. The molecule has 0 aromatic heterocycles. The largest absolute Gasteiger partial charge is 0.369 e. The lowest BCUT2D eigenvalue weighted by molar-refractivity contribution is -0.125. The monoisotopic (exact) mass is 198 g/mol.